The van der Waals surface area contributed by atoms with Crippen LogP contribution in [-0.4, -0.2) is 25.8 Å². The van der Waals surface area contributed by atoms with Crippen molar-refractivity contribution in [1.29, 1.82) is 0 Å². The third kappa shape index (κ3) is 8.65. The van der Waals surface area contributed by atoms with Crippen molar-refractivity contribution in [2.75, 3.05) is 19.8 Å². The Morgan fingerprint density at radius 2 is 1.89 bits per heavy atom. The highest BCUT2D eigenvalue weighted by Crippen LogP contribution is 2.17. The van der Waals surface area contributed by atoms with Crippen LogP contribution in [0.5, 0.6) is 0 Å². The molecule has 0 amide bonds. The largest absolute Gasteiger partial charge is 0.381 e. The molecule has 1 atom stereocenters. The van der Waals surface area contributed by atoms with Crippen LogP contribution >= 0.6 is 0 Å². The lowest BCUT2D eigenvalue weighted by Gasteiger charge is -2.22. The summed E-state index contributed by atoms with van der Waals surface area (Å²) in [7, 11) is 0. The van der Waals surface area contributed by atoms with Gasteiger partial charge in [0, 0.05) is 19.3 Å². The molecule has 19 heavy (non-hydrogen) atoms. The number of ether oxygens (including phenoxy) is 1. The smallest absolute Gasteiger partial charge is 0.0494 e. The maximum atomic E-state index is 5.83. The number of nitrogens with one attached hydrogen (secondary N) is 1. The Kier molecular flexibility index (Phi) is 10.5. The van der Waals surface area contributed by atoms with Crippen LogP contribution in [0.15, 0.2) is 0 Å². The highest BCUT2D eigenvalue weighted by atomic mass is 16.5. The van der Waals surface area contributed by atoms with Gasteiger partial charge in [-0.25, -0.2) is 0 Å². The summed E-state index contributed by atoms with van der Waals surface area (Å²) in [5.41, 5.74) is 0. The van der Waals surface area contributed by atoms with E-state index in [1.807, 2.05) is 0 Å². The molecule has 1 N–H and O–H groups in total. The van der Waals surface area contributed by atoms with Gasteiger partial charge in [0.15, 0.2) is 0 Å². The highest BCUT2D eigenvalue weighted by molar-refractivity contribution is 4.71. The van der Waals surface area contributed by atoms with Crippen LogP contribution in [0.4, 0.5) is 0 Å². The molecule has 0 aromatic heterocycles. The van der Waals surface area contributed by atoms with Crippen LogP contribution in [0.1, 0.15) is 78.1 Å². The minimum absolute atomic E-state index is 0.784. The third-order valence-electron chi connectivity index (χ3n) is 4.40. The Hall–Kier alpha value is -0.0800. The quantitative estimate of drug-likeness (QED) is 0.556. The van der Waals surface area contributed by atoms with E-state index >= 15 is 0 Å². The average molecular weight is 269 g/mol. The van der Waals surface area contributed by atoms with Gasteiger partial charge in [-0.05, 0) is 38.1 Å². The summed E-state index contributed by atoms with van der Waals surface area (Å²) in [5.74, 6) is 0.784. The molecule has 0 saturated heterocycles. The second-order valence-electron chi connectivity index (χ2n) is 6.13. The molecule has 0 spiro atoms. The first-order valence-corrected chi connectivity index (χ1v) is 8.68. The lowest BCUT2D eigenvalue weighted by molar-refractivity contribution is 0.0915. The van der Waals surface area contributed by atoms with Crippen molar-refractivity contribution in [3.05, 3.63) is 0 Å². The minimum Gasteiger partial charge on any atom is -0.381 e. The first-order valence-electron chi connectivity index (χ1n) is 8.68. The van der Waals surface area contributed by atoms with E-state index < -0.39 is 0 Å². The molecule has 1 rings (SSSR count). The fourth-order valence-corrected chi connectivity index (χ4v) is 2.94. The van der Waals surface area contributed by atoms with Gasteiger partial charge in [0.1, 0.15) is 0 Å². The Bertz CT molecular complexity index is 190. The molecule has 0 aromatic carbocycles. The fourth-order valence-electron chi connectivity index (χ4n) is 2.94. The van der Waals surface area contributed by atoms with Gasteiger partial charge in [-0.15, -0.1) is 0 Å². The molecule has 0 aromatic rings. The molecule has 1 aliphatic rings. The molecule has 1 aliphatic carbocycles. The first-order chi connectivity index (χ1) is 9.36. The molecule has 2 heteroatoms. The van der Waals surface area contributed by atoms with E-state index in [1.54, 1.807) is 0 Å². The summed E-state index contributed by atoms with van der Waals surface area (Å²) in [6.07, 6.45) is 13.5. The summed E-state index contributed by atoms with van der Waals surface area (Å²) in [6, 6.07) is 0.793. The van der Waals surface area contributed by atoms with Crippen LogP contribution in [0.3, 0.4) is 0 Å². The van der Waals surface area contributed by atoms with Gasteiger partial charge in [0.25, 0.3) is 0 Å². The number of hydrogen-bond acceptors (Lipinski definition) is 2. The lowest BCUT2D eigenvalue weighted by atomic mass is 9.95. The molecule has 1 fully saturated rings. The van der Waals surface area contributed by atoms with Crippen molar-refractivity contribution < 1.29 is 4.74 Å². The minimum atomic E-state index is 0.784. The molecule has 1 saturated carbocycles. The monoisotopic (exact) mass is 269 g/mol. The van der Waals surface area contributed by atoms with E-state index in [9.17, 15) is 0 Å². The van der Waals surface area contributed by atoms with Gasteiger partial charge >= 0.3 is 0 Å². The first kappa shape index (κ1) is 17.0. The number of hydrogen-bond donors (Lipinski definition) is 1. The maximum Gasteiger partial charge on any atom is 0.0494 e. The summed E-state index contributed by atoms with van der Waals surface area (Å²) >= 11 is 0. The van der Waals surface area contributed by atoms with E-state index in [1.165, 1.54) is 64.2 Å². The lowest BCUT2D eigenvalue weighted by Crippen LogP contribution is -2.32. The molecule has 2 nitrogen and oxygen atoms in total. The topological polar surface area (TPSA) is 21.3 Å². The van der Waals surface area contributed by atoms with Crippen LogP contribution in [-0.2, 0) is 4.74 Å². The standard InChI is InChI=1S/C17H35NO/c1-3-5-10-16(4-2)15-19-14-9-13-18-17-11-7-6-8-12-17/h16-18H,3-15H2,1-2H3. The second kappa shape index (κ2) is 11.7. The summed E-state index contributed by atoms with van der Waals surface area (Å²) in [5, 5.41) is 3.68. The average Bonchev–Trinajstić information content (AvgIpc) is 2.47. The van der Waals surface area contributed by atoms with Gasteiger partial charge in [-0.3, -0.25) is 0 Å². The van der Waals surface area contributed by atoms with Crippen molar-refractivity contribution in [3.63, 3.8) is 0 Å². The predicted octanol–water partition coefficient (Wildman–Crippen LogP) is 4.53. The van der Waals surface area contributed by atoms with Crippen molar-refractivity contribution >= 4 is 0 Å². The molecular formula is C17H35NO. The molecule has 1 unspecified atom stereocenters. The SMILES string of the molecule is CCCCC(CC)COCCCNC1CCCCC1. The van der Waals surface area contributed by atoms with Gasteiger partial charge < -0.3 is 10.1 Å². The van der Waals surface area contributed by atoms with Gasteiger partial charge in [-0.1, -0.05) is 52.4 Å². The predicted molar refractivity (Wildman–Crippen MR) is 83.6 cm³/mol. The van der Waals surface area contributed by atoms with Crippen LogP contribution in [0.25, 0.3) is 0 Å². The Labute approximate surface area is 120 Å². The summed E-state index contributed by atoms with van der Waals surface area (Å²) in [6.45, 7) is 7.59. The molecular weight excluding hydrogens is 234 g/mol. The van der Waals surface area contributed by atoms with Crippen molar-refractivity contribution in [1.82, 2.24) is 5.32 Å². The van der Waals surface area contributed by atoms with E-state index in [2.05, 4.69) is 19.2 Å². The molecule has 0 aliphatic heterocycles. The van der Waals surface area contributed by atoms with Crippen molar-refractivity contribution in [2.45, 2.75) is 84.1 Å². The van der Waals surface area contributed by atoms with E-state index in [4.69, 9.17) is 4.74 Å². The zero-order valence-corrected chi connectivity index (χ0v) is 13.3. The Morgan fingerprint density at radius 1 is 1.11 bits per heavy atom. The van der Waals surface area contributed by atoms with E-state index in [0.717, 1.165) is 31.7 Å². The third-order valence-corrected chi connectivity index (χ3v) is 4.40. The molecule has 0 bridgehead atoms. The van der Waals surface area contributed by atoms with Crippen LogP contribution in [0, 0.1) is 5.92 Å². The molecule has 0 heterocycles. The summed E-state index contributed by atoms with van der Waals surface area (Å²) in [4.78, 5) is 0. The zero-order valence-electron chi connectivity index (χ0n) is 13.3. The van der Waals surface area contributed by atoms with E-state index in [-0.39, 0.29) is 0 Å². The fraction of sp³-hybridized carbons (Fsp3) is 1.00. The number of rotatable bonds is 11. The van der Waals surface area contributed by atoms with E-state index in [0.29, 0.717) is 0 Å². The van der Waals surface area contributed by atoms with Crippen molar-refractivity contribution in [2.24, 2.45) is 5.92 Å². The summed E-state index contributed by atoms with van der Waals surface area (Å²) < 4.78 is 5.83. The van der Waals surface area contributed by atoms with Gasteiger partial charge in [0.2, 0.25) is 0 Å². The van der Waals surface area contributed by atoms with Gasteiger partial charge in [0.05, 0.1) is 0 Å². The highest BCUT2D eigenvalue weighted by Gasteiger charge is 2.11. The Balaban J connectivity index is 1.89. The Morgan fingerprint density at radius 3 is 2.58 bits per heavy atom. The van der Waals surface area contributed by atoms with Crippen LogP contribution in [0.2, 0.25) is 0 Å². The van der Waals surface area contributed by atoms with Gasteiger partial charge in [-0.2, -0.15) is 0 Å². The number of unbranched alkanes of at least 4 members (excludes halogenated alkanes) is 1. The van der Waals surface area contributed by atoms with Crippen LogP contribution < -0.4 is 5.32 Å². The zero-order chi connectivity index (χ0) is 13.8. The van der Waals surface area contributed by atoms with Crippen molar-refractivity contribution in [3.8, 4) is 0 Å². The maximum absolute atomic E-state index is 5.83. The normalized spacial score (nSPS) is 18.6. The molecule has 114 valence electrons. The second-order valence-corrected chi connectivity index (χ2v) is 6.13. The molecule has 0 radical (unpaired) electrons.